The minimum atomic E-state index is -0.424. The van der Waals surface area contributed by atoms with Crippen molar-refractivity contribution < 1.29 is 9.59 Å². The number of amides is 2. The number of thioether (sulfide) groups is 1. The van der Waals surface area contributed by atoms with Crippen LogP contribution in [0.1, 0.15) is 24.3 Å². The predicted molar refractivity (Wildman–Crippen MR) is 83.9 cm³/mol. The Bertz CT molecular complexity index is 528. The van der Waals surface area contributed by atoms with Crippen LogP contribution in [0, 0.1) is 5.92 Å². The molecule has 0 bridgehead atoms. The summed E-state index contributed by atoms with van der Waals surface area (Å²) in [5.74, 6) is 1.80. The van der Waals surface area contributed by atoms with Crippen LogP contribution < -0.4 is 5.73 Å². The van der Waals surface area contributed by atoms with Gasteiger partial charge >= 0.3 is 0 Å². The molecule has 1 aliphatic carbocycles. The van der Waals surface area contributed by atoms with Crippen LogP contribution in [0.3, 0.4) is 0 Å². The van der Waals surface area contributed by atoms with Crippen LogP contribution >= 0.6 is 11.8 Å². The Kier molecular flexibility index (Phi) is 4.19. The van der Waals surface area contributed by atoms with Gasteiger partial charge in [0.15, 0.2) is 0 Å². The molecule has 0 aromatic heterocycles. The summed E-state index contributed by atoms with van der Waals surface area (Å²) < 4.78 is 0. The van der Waals surface area contributed by atoms with Crippen LogP contribution in [0.2, 0.25) is 0 Å². The summed E-state index contributed by atoms with van der Waals surface area (Å²) in [7, 11) is 0. The molecule has 21 heavy (non-hydrogen) atoms. The lowest BCUT2D eigenvalue weighted by molar-refractivity contribution is -0.144. The molecule has 2 N–H and O–H groups in total. The first-order valence-electron chi connectivity index (χ1n) is 7.39. The number of primary amides is 1. The fraction of sp³-hybridized carbons (Fsp3) is 0.500. The van der Waals surface area contributed by atoms with E-state index in [0.29, 0.717) is 18.2 Å². The normalized spacial score (nSPS) is 28.8. The first-order valence-corrected chi connectivity index (χ1v) is 8.54. The molecule has 2 fully saturated rings. The molecule has 1 unspecified atom stereocenters. The van der Waals surface area contributed by atoms with E-state index in [0.717, 1.165) is 18.6 Å². The van der Waals surface area contributed by atoms with Crippen LogP contribution in [-0.4, -0.2) is 40.8 Å². The van der Waals surface area contributed by atoms with Gasteiger partial charge in [-0.15, -0.1) is 0 Å². The Morgan fingerprint density at radius 3 is 2.57 bits per heavy atom. The van der Waals surface area contributed by atoms with Gasteiger partial charge in [-0.2, -0.15) is 11.8 Å². The van der Waals surface area contributed by atoms with Gasteiger partial charge in [0.05, 0.1) is 0 Å². The van der Waals surface area contributed by atoms with Gasteiger partial charge in [-0.3, -0.25) is 9.59 Å². The van der Waals surface area contributed by atoms with Gasteiger partial charge in [-0.05, 0) is 24.3 Å². The Balaban J connectivity index is 1.61. The molecular formula is C16H20N2O2S. The molecule has 1 aromatic carbocycles. The van der Waals surface area contributed by atoms with E-state index in [4.69, 9.17) is 5.73 Å². The third-order valence-electron chi connectivity index (χ3n) is 4.50. The summed E-state index contributed by atoms with van der Waals surface area (Å²) in [6.07, 6.45) is 1.77. The van der Waals surface area contributed by atoms with E-state index >= 15 is 0 Å². The molecule has 5 heteroatoms. The van der Waals surface area contributed by atoms with E-state index in [1.165, 1.54) is 5.56 Å². The zero-order chi connectivity index (χ0) is 14.8. The van der Waals surface area contributed by atoms with Crippen molar-refractivity contribution in [2.75, 3.05) is 18.1 Å². The second-order valence-electron chi connectivity index (χ2n) is 5.80. The lowest BCUT2D eigenvalue weighted by Gasteiger charge is -2.41. The van der Waals surface area contributed by atoms with Crippen molar-refractivity contribution in [1.82, 2.24) is 4.90 Å². The molecule has 1 saturated carbocycles. The summed E-state index contributed by atoms with van der Waals surface area (Å²) in [5, 5.41) is 0. The zero-order valence-corrected chi connectivity index (χ0v) is 12.7. The van der Waals surface area contributed by atoms with E-state index in [-0.39, 0.29) is 17.7 Å². The minimum Gasteiger partial charge on any atom is -0.368 e. The Labute approximate surface area is 129 Å². The van der Waals surface area contributed by atoms with Gasteiger partial charge < -0.3 is 10.6 Å². The van der Waals surface area contributed by atoms with Gasteiger partial charge in [0, 0.05) is 24.0 Å². The molecule has 2 aliphatic rings. The highest BCUT2D eigenvalue weighted by atomic mass is 32.2. The maximum absolute atomic E-state index is 12.6. The number of hydrogen-bond acceptors (Lipinski definition) is 3. The van der Waals surface area contributed by atoms with Crippen LogP contribution in [-0.2, 0) is 9.59 Å². The average Bonchev–Trinajstić information content (AvgIpc) is 2.46. The second kappa shape index (κ2) is 6.10. The molecule has 1 heterocycles. The van der Waals surface area contributed by atoms with Gasteiger partial charge in [-0.25, -0.2) is 0 Å². The summed E-state index contributed by atoms with van der Waals surface area (Å²) >= 11 is 1.69. The van der Waals surface area contributed by atoms with Crippen LogP contribution in [0.25, 0.3) is 0 Å². The molecule has 1 aliphatic heterocycles. The molecule has 3 rings (SSSR count). The minimum absolute atomic E-state index is 0.0557. The number of benzene rings is 1. The Morgan fingerprint density at radius 2 is 1.90 bits per heavy atom. The molecule has 0 radical (unpaired) electrons. The second-order valence-corrected chi connectivity index (χ2v) is 6.95. The number of hydrogen-bond donors (Lipinski definition) is 1. The van der Waals surface area contributed by atoms with E-state index in [2.05, 4.69) is 12.1 Å². The summed E-state index contributed by atoms with van der Waals surface area (Å²) in [6.45, 7) is 0.642. The highest BCUT2D eigenvalue weighted by Crippen LogP contribution is 2.42. The lowest BCUT2D eigenvalue weighted by Crippen LogP contribution is -2.55. The number of nitrogens with two attached hydrogens (primary N) is 1. The fourth-order valence-electron chi connectivity index (χ4n) is 3.15. The van der Waals surface area contributed by atoms with E-state index in [9.17, 15) is 9.59 Å². The fourth-order valence-corrected chi connectivity index (χ4v) is 4.21. The van der Waals surface area contributed by atoms with E-state index in [1.807, 2.05) is 18.2 Å². The maximum Gasteiger partial charge on any atom is 0.241 e. The summed E-state index contributed by atoms with van der Waals surface area (Å²) in [6, 6.07) is 9.90. The Hall–Kier alpha value is -1.49. The van der Waals surface area contributed by atoms with Gasteiger partial charge in [0.25, 0.3) is 0 Å². The first-order chi connectivity index (χ1) is 10.2. The number of rotatable bonds is 3. The van der Waals surface area contributed by atoms with Crippen LogP contribution in [0.15, 0.2) is 30.3 Å². The van der Waals surface area contributed by atoms with Crippen molar-refractivity contribution in [3.05, 3.63) is 35.9 Å². The SMILES string of the molecule is NC(=O)C1CSCCN1C(=O)C1CC(c2ccccc2)C1. The van der Waals surface area contributed by atoms with Gasteiger partial charge in [0.2, 0.25) is 11.8 Å². The summed E-state index contributed by atoms with van der Waals surface area (Å²) in [5.41, 5.74) is 6.73. The topological polar surface area (TPSA) is 63.4 Å². The van der Waals surface area contributed by atoms with E-state index < -0.39 is 6.04 Å². The lowest BCUT2D eigenvalue weighted by atomic mass is 9.70. The monoisotopic (exact) mass is 304 g/mol. The standard InChI is InChI=1S/C16H20N2O2S/c17-15(19)14-10-21-7-6-18(14)16(20)13-8-12(9-13)11-4-2-1-3-5-11/h1-5,12-14H,6-10H2,(H2,17,19). The summed E-state index contributed by atoms with van der Waals surface area (Å²) in [4.78, 5) is 25.8. The maximum atomic E-state index is 12.6. The zero-order valence-electron chi connectivity index (χ0n) is 11.9. The molecule has 2 amide bonds. The molecule has 0 spiro atoms. The Morgan fingerprint density at radius 1 is 1.19 bits per heavy atom. The average molecular weight is 304 g/mol. The highest BCUT2D eigenvalue weighted by Gasteiger charge is 2.41. The first kappa shape index (κ1) is 14.4. The molecule has 1 saturated heterocycles. The van der Waals surface area contributed by atoms with E-state index in [1.54, 1.807) is 16.7 Å². The van der Waals surface area contributed by atoms with Gasteiger partial charge in [-0.1, -0.05) is 30.3 Å². The largest absolute Gasteiger partial charge is 0.368 e. The van der Waals surface area contributed by atoms with Gasteiger partial charge in [0.1, 0.15) is 6.04 Å². The molecule has 1 aromatic rings. The molecule has 4 nitrogen and oxygen atoms in total. The quantitative estimate of drug-likeness (QED) is 0.923. The third kappa shape index (κ3) is 2.93. The van der Waals surface area contributed by atoms with Crippen molar-refractivity contribution in [2.24, 2.45) is 11.7 Å². The number of carbonyl (C=O) groups is 2. The van der Waals surface area contributed by atoms with Crippen molar-refractivity contribution >= 4 is 23.6 Å². The molecule has 1 atom stereocenters. The third-order valence-corrected chi connectivity index (χ3v) is 5.52. The van der Waals surface area contributed by atoms with Crippen LogP contribution in [0.4, 0.5) is 0 Å². The highest BCUT2D eigenvalue weighted by molar-refractivity contribution is 7.99. The molecular weight excluding hydrogens is 284 g/mol. The molecule has 112 valence electrons. The predicted octanol–water partition coefficient (Wildman–Crippen LogP) is 1.61. The smallest absolute Gasteiger partial charge is 0.241 e. The number of nitrogens with zero attached hydrogens (tertiary/aromatic N) is 1. The van der Waals surface area contributed by atoms with Crippen molar-refractivity contribution in [3.8, 4) is 0 Å². The number of carbonyl (C=O) groups excluding carboxylic acids is 2. The van der Waals surface area contributed by atoms with Crippen LogP contribution in [0.5, 0.6) is 0 Å². The van der Waals surface area contributed by atoms with Crippen molar-refractivity contribution in [2.45, 2.75) is 24.8 Å². The van der Waals surface area contributed by atoms with Crippen molar-refractivity contribution in [1.29, 1.82) is 0 Å². The van der Waals surface area contributed by atoms with Crippen molar-refractivity contribution in [3.63, 3.8) is 0 Å².